The lowest BCUT2D eigenvalue weighted by Gasteiger charge is -2.30. The number of amides is 5. The van der Waals surface area contributed by atoms with Crippen molar-refractivity contribution in [3.8, 4) is 22.5 Å². The lowest BCUT2D eigenvalue weighted by atomic mass is 10.0. The molecule has 6 N–H and O–H groups in total. The highest BCUT2D eigenvalue weighted by Gasteiger charge is 2.39. The molecule has 2 aromatic carbocycles. The zero-order chi connectivity index (χ0) is 41.2. The predicted octanol–water partition coefficient (Wildman–Crippen LogP) is 5.86. The number of hydrogen-bond donors (Lipinski definition) is 6. The van der Waals surface area contributed by atoms with E-state index in [1.807, 2.05) is 58.0 Å². The van der Waals surface area contributed by atoms with E-state index in [2.05, 4.69) is 41.2 Å². The van der Waals surface area contributed by atoms with Crippen LogP contribution in [0, 0.1) is 11.8 Å². The Morgan fingerprint density at radius 2 is 1.17 bits per heavy atom. The van der Waals surface area contributed by atoms with Crippen LogP contribution in [0.5, 0.6) is 0 Å². The normalized spacial score (nSPS) is 18.4. The second kappa shape index (κ2) is 16.6. The van der Waals surface area contributed by atoms with Gasteiger partial charge in [0.1, 0.15) is 23.7 Å². The standard InChI is InChI=1S/C41H50N10O7/c1-21(2)33(48-40(55)57-5)38(53)50-15-7-9-31(50)35-42-19-29(45-35)23-11-13-26-25(17-23)37(52)47-27-14-12-24(18-28(27)44-26)30-20-43-36(46-30)32-10-8-16-51(32)39(54)34(22(3)4)49-41(56)58-6/h11-14,17-22,31-34,44H,7-10,15-16H2,1-6H3,(H,42,45)(H,43,46)(H,47,52)(H,48,55)(H,49,56)/t31-,32-,33-,34-/m0/s1. The topological polar surface area (TPSA) is 216 Å². The average Bonchev–Trinajstić information content (AvgIpc) is 4.05. The molecule has 0 saturated carbocycles. The average molecular weight is 795 g/mol. The molecule has 4 atom stereocenters. The summed E-state index contributed by atoms with van der Waals surface area (Å²) in [6.45, 7) is 8.59. The molecule has 7 rings (SSSR count). The van der Waals surface area contributed by atoms with Crippen LogP contribution < -0.4 is 21.3 Å². The fraction of sp³-hybridized carbons (Fsp3) is 0.439. The fourth-order valence-corrected chi connectivity index (χ4v) is 7.96. The molecular formula is C41H50N10O7. The minimum absolute atomic E-state index is 0.142. The molecule has 0 bridgehead atoms. The smallest absolute Gasteiger partial charge is 0.407 e. The van der Waals surface area contributed by atoms with E-state index >= 15 is 0 Å². The van der Waals surface area contributed by atoms with Crippen LogP contribution in [0.1, 0.15) is 87.5 Å². The van der Waals surface area contributed by atoms with Crippen LogP contribution in [-0.4, -0.2) is 99.0 Å². The molecule has 0 aliphatic carbocycles. The Balaban J connectivity index is 1.07. The number of carbonyl (C=O) groups excluding carboxylic acids is 5. The zero-order valence-electron chi connectivity index (χ0n) is 33.5. The first-order valence-corrected chi connectivity index (χ1v) is 19.6. The van der Waals surface area contributed by atoms with Crippen molar-refractivity contribution < 1.29 is 33.4 Å². The number of alkyl carbamates (subject to hydrolysis) is 2. The predicted molar refractivity (Wildman–Crippen MR) is 215 cm³/mol. The lowest BCUT2D eigenvalue weighted by Crippen LogP contribution is -2.51. The van der Waals surface area contributed by atoms with Gasteiger partial charge < -0.3 is 50.5 Å². The van der Waals surface area contributed by atoms with E-state index in [4.69, 9.17) is 9.47 Å². The molecule has 0 unspecified atom stereocenters. The van der Waals surface area contributed by atoms with Crippen molar-refractivity contribution in [1.82, 2.24) is 40.4 Å². The first-order valence-electron chi connectivity index (χ1n) is 19.6. The number of aromatic amines is 2. The Kier molecular flexibility index (Phi) is 11.4. The number of anilines is 3. The second-order valence-corrected chi connectivity index (χ2v) is 15.6. The molecule has 2 aromatic heterocycles. The number of methoxy groups -OCH3 is 2. The van der Waals surface area contributed by atoms with Gasteiger partial charge in [-0.15, -0.1) is 0 Å². The fourth-order valence-electron chi connectivity index (χ4n) is 7.96. The highest BCUT2D eigenvalue weighted by Crippen LogP contribution is 2.39. The van der Waals surface area contributed by atoms with Crippen molar-refractivity contribution in [3.05, 3.63) is 66.0 Å². The van der Waals surface area contributed by atoms with Crippen molar-refractivity contribution in [1.29, 1.82) is 0 Å². The Bertz CT molecular complexity index is 2210. The summed E-state index contributed by atoms with van der Waals surface area (Å²) in [4.78, 5) is 84.5. The third kappa shape index (κ3) is 7.93. The van der Waals surface area contributed by atoms with Crippen LogP contribution in [0.2, 0.25) is 0 Å². The van der Waals surface area contributed by atoms with E-state index in [9.17, 15) is 24.0 Å². The summed E-state index contributed by atoms with van der Waals surface area (Å²) in [5.41, 5.74) is 5.36. The summed E-state index contributed by atoms with van der Waals surface area (Å²) < 4.78 is 9.51. The Morgan fingerprint density at radius 1 is 0.690 bits per heavy atom. The molecule has 58 heavy (non-hydrogen) atoms. The first-order chi connectivity index (χ1) is 27.9. The van der Waals surface area contributed by atoms with Gasteiger partial charge in [-0.1, -0.05) is 39.8 Å². The van der Waals surface area contributed by atoms with Crippen molar-refractivity contribution in [2.75, 3.05) is 37.9 Å². The summed E-state index contributed by atoms with van der Waals surface area (Å²) in [7, 11) is 2.54. The van der Waals surface area contributed by atoms with E-state index in [-0.39, 0.29) is 41.6 Å². The SMILES string of the molecule is COC(=O)N[C@H](C(=O)N1CCC[C@H]1c1ncc(-c2ccc3c(c2)Nc2ccc(-c4cnc([C@@H]5CCCN5C(=O)[C@@H](NC(=O)OC)C(C)C)[nH]4)cc2C(=O)N3)[nH]1)C(C)C. The number of carbonyl (C=O) groups is 5. The molecule has 2 saturated heterocycles. The monoisotopic (exact) mass is 794 g/mol. The summed E-state index contributed by atoms with van der Waals surface area (Å²) in [5, 5.41) is 11.8. The molecule has 0 radical (unpaired) electrons. The Labute approximate surface area is 336 Å². The number of imidazole rings is 2. The van der Waals surface area contributed by atoms with Crippen LogP contribution in [-0.2, 0) is 19.1 Å². The van der Waals surface area contributed by atoms with E-state index in [1.165, 1.54) is 14.2 Å². The van der Waals surface area contributed by atoms with Crippen molar-refractivity contribution >= 4 is 47.0 Å². The number of ether oxygens (including phenoxy) is 2. The van der Waals surface area contributed by atoms with Gasteiger partial charge in [0.15, 0.2) is 0 Å². The van der Waals surface area contributed by atoms with Crippen LogP contribution >= 0.6 is 0 Å². The second-order valence-electron chi connectivity index (χ2n) is 15.6. The van der Waals surface area contributed by atoms with Gasteiger partial charge in [-0.2, -0.15) is 0 Å². The van der Waals surface area contributed by atoms with Crippen LogP contribution in [0.3, 0.4) is 0 Å². The highest BCUT2D eigenvalue weighted by molar-refractivity contribution is 6.13. The van der Waals surface area contributed by atoms with E-state index in [0.29, 0.717) is 59.5 Å². The van der Waals surface area contributed by atoms with Crippen molar-refractivity contribution in [2.45, 2.75) is 77.5 Å². The summed E-state index contributed by atoms with van der Waals surface area (Å²) in [6, 6.07) is 9.17. The summed E-state index contributed by atoms with van der Waals surface area (Å²) in [6.07, 6.45) is 5.17. The van der Waals surface area contributed by atoms with Gasteiger partial charge in [-0.3, -0.25) is 14.4 Å². The van der Waals surface area contributed by atoms with Gasteiger partial charge in [-0.25, -0.2) is 19.6 Å². The molecule has 306 valence electrons. The molecule has 3 aliphatic heterocycles. The highest BCUT2D eigenvalue weighted by atomic mass is 16.5. The van der Waals surface area contributed by atoms with Crippen LogP contribution in [0.4, 0.5) is 26.7 Å². The number of nitrogens with zero attached hydrogens (tertiary/aromatic N) is 4. The number of H-pyrrole nitrogens is 2. The molecule has 17 nitrogen and oxygen atoms in total. The maximum atomic E-state index is 13.6. The van der Waals surface area contributed by atoms with Crippen LogP contribution in [0.15, 0.2) is 48.8 Å². The van der Waals surface area contributed by atoms with Crippen molar-refractivity contribution in [3.63, 3.8) is 0 Å². The quantitative estimate of drug-likeness (QED) is 0.112. The molecule has 2 fully saturated rings. The van der Waals surface area contributed by atoms with E-state index < -0.39 is 24.3 Å². The molecule has 4 aromatic rings. The minimum Gasteiger partial charge on any atom is -0.453 e. The van der Waals surface area contributed by atoms with Crippen LogP contribution in [0.25, 0.3) is 22.5 Å². The Morgan fingerprint density at radius 3 is 1.66 bits per heavy atom. The number of benzene rings is 2. The molecule has 5 amide bonds. The van der Waals surface area contributed by atoms with E-state index in [1.54, 1.807) is 28.3 Å². The minimum atomic E-state index is -0.739. The number of aromatic nitrogens is 4. The molecule has 0 spiro atoms. The largest absolute Gasteiger partial charge is 0.453 e. The zero-order valence-corrected chi connectivity index (χ0v) is 33.5. The Hall–Kier alpha value is -6.39. The number of fused-ring (bicyclic) bond motifs is 2. The summed E-state index contributed by atoms with van der Waals surface area (Å²) in [5.74, 6) is 0.338. The molecule has 17 heteroatoms. The third-order valence-corrected chi connectivity index (χ3v) is 11.1. The van der Waals surface area contributed by atoms with Gasteiger partial charge in [-0.05, 0) is 61.8 Å². The van der Waals surface area contributed by atoms with Gasteiger partial charge in [0.05, 0.1) is 72.7 Å². The number of likely N-dealkylation sites (tertiary alicyclic amines) is 2. The maximum Gasteiger partial charge on any atom is 0.407 e. The van der Waals surface area contributed by atoms with E-state index in [0.717, 1.165) is 36.1 Å². The lowest BCUT2D eigenvalue weighted by molar-refractivity contribution is -0.136. The van der Waals surface area contributed by atoms with Gasteiger partial charge in [0.2, 0.25) is 11.8 Å². The molecule has 5 heterocycles. The van der Waals surface area contributed by atoms with Gasteiger partial charge in [0, 0.05) is 24.2 Å². The number of nitrogens with one attached hydrogen (secondary N) is 6. The van der Waals surface area contributed by atoms with Gasteiger partial charge in [0.25, 0.3) is 5.91 Å². The first kappa shape index (κ1) is 39.8. The van der Waals surface area contributed by atoms with Crippen molar-refractivity contribution in [2.24, 2.45) is 11.8 Å². The molecule has 3 aliphatic rings. The maximum absolute atomic E-state index is 13.6. The third-order valence-electron chi connectivity index (χ3n) is 11.1. The van der Waals surface area contributed by atoms with Gasteiger partial charge >= 0.3 is 12.2 Å². The number of rotatable bonds is 10. The number of hydrogen-bond acceptors (Lipinski definition) is 10. The summed E-state index contributed by atoms with van der Waals surface area (Å²) >= 11 is 0. The molecular weight excluding hydrogens is 745 g/mol.